The van der Waals surface area contributed by atoms with E-state index in [2.05, 4.69) is 15.3 Å². The summed E-state index contributed by atoms with van der Waals surface area (Å²) >= 11 is 5.94. The number of halogens is 1. The quantitative estimate of drug-likeness (QED) is 0.877. The minimum Gasteiger partial charge on any atom is -0.384 e. The van der Waals surface area contributed by atoms with Crippen LogP contribution in [0.2, 0.25) is 5.02 Å². The molecule has 1 unspecified atom stereocenters. The maximum atomic E-state index is 5.94. The van der Waals surface area contributed by atoms with Gasteiger partial charge in [-0.3, -0.25) is 0 Å². The number of nitrogens with one attached hydrogen (secondary N) is 1. The lowest BCUT2D eigenvalue weighted by atomic mass is 10.1. The molecule has 2 aromatic rings. The fraction of sp³-hybridized carbons (Fsp3) is 0.167. The topological polar surface area (TPSA) is 63.8 Å². The van der Waals surface area contributed by atoms with Crippen LogP contribution in [0, 0.1) is 0 Å². The van der Waals surface area contributed by atoms with Crippen molar-refractivity contribution in [3.8, 4) is 0 Å². The molecule has 0 aliphatic carbocycles. The maximum Gasteiger partial charge on any atom is 0.225 e. The van der Waals surface area contributed by atoms with Crippen molar-refractivity contribution in [1.82, 2.24) is 9.97 Å². The van der Waals surface area contributed by atoms with Gasteiger partial charge in [0.2, 0.25) is 5.95 Å². The molecule has 0 aliphatic heterocycles. The first-order valence-corrected chi connectivity index (χ1v) is 5.63. The first-order chi connectivity index (χ1) is 8.15. The Morgan fingerprint density at radius 2 is 2.18 bits per heavy atom. The molecule has 1 heterocycles. The van der Waals surface area contributed by atoms with Gasteiger partial charge in [0, 0.05) is 11.2 Å². The highest BCUT2D eigenvalue weighted by Crippen LogP contribution is 2.20. The Morgan fingerprint density at radius 3 is 2.88 bits per heavy atom. The molecule has 0 radical (unpaired) electrons. The van der Waals surface area contributed by atoms with Crippen molar-refractivity contribution in [2.75, 3.05) is 11.1 Å². The number of aromatic nitrogens is 2. The molecule has 1 aromatic heterocycles. The minimum absolute atomic E-state index is 0.0653. The van der Waals surface area contributed by atoms with Gasteiger partial charge in [-0.15, -0.1) is 0 Å². The number of rotatable bonds is 3. The summed E-state index contributed by atoms with van der Waals surface area (Å²) in [7, 11) is 0. The predicted octanol–water partition coefficient (Wildman–Crippen LogP) is 2.89. The lowest BCUT2D eigenvalue weighted by Gasteiger charge is -2.14. The first-order valence-electron chi connectivity index (χ1n) is 5.25. The van der Waals surface area contributed by atoms with Crippen molar-refractivity contribution in [2.24, 2.45) is 0 Å². The number of nitrogens with zero attached hydrogens (tertiary/aromatic N) is 2. The molecule has 0 saturated carbocycles. The molecule has 0 saturated heterocycles. The van der Waals surface area contributed by atoms with Crippen LogP contribution in [0.25, 0.3) is 0 Å². The van der Waals surface area contributed by atoms with Gasteiger partial charge >= 0.3 is 0 Å². The standard InChI is InChI=1S/C12H13ClN4/c1-8(9-3-2-4-10(13)7-9)16-12-15-6-5-11(14)17-12/h2-8H,1H3,(H3,14,15,16,17). The summed E-state index contributed by atoms with van der Waals surface area (Å²) in [5.41, 5.74) is 6.66. The van der Waals surface area contributed by atoms with E-state index in [-0.39, 0.29) is 6.04 Å². The second-order valence-electron chi connectivity index (χ2n) is 3.73. The normalized spacial score (nSPS) is 12.1. The first kappa shape index (κ1) is 11.7. The van der Waals surface area contributed by atoms with E-state index in [0.717, 1.165) is 5.56 Å². The van der Waals surface area contributed by atoms with E-state index >= 15 is 0 Å². The molecular formula is C12H13ClN4. The Morgan fingerprint density at radius 1 is 1.35 bits per heavy atom. The van der Waals surface area contributed by atoms with Crippen LogP contribution in [0.5, 0.6) is 0 Å². The van der Waals surface area contributed by atoms with Gasteiger partial charge in [-0.05, 0) is 30.7 Å². The van der Waals surface area contributed by atoms with Crippen molar-refractivity contribution in [1.29, 1.82) is 0 Å². The van der Waals surface area contributed by atoms with Crippen molar-refractivity contribution in [3.05, 3.63) is 47.1 Å². The summed E-state index contributed by atoms with van der Waals surface area (Å²) in [6.45, 7) is 2.01. The van der Waals surface area contributed by atoms with Gasteiger partial charge in [0.15, 0.2) is 0 Å². The van der Waals surface area contributed by atoms with Crippen LogP contribution >= 0.6 is 11.6 Å². The molecule has 0 bridgehead atoms. The number of hydrogen-bond acceptors (Lipinski definition) is 4. The zero-order valence-corrected chi connectivity index (χ0v) is 10.1. The van der Waals surface area contributed by atoms with Gasteiger partial charge in [0.05, 0.1) is 6.04 Å². The summed E-state index contributed by atoms with van der Waals surface area (Å²) in [5, 5.41) is 3.88. The zero-order chi connectivity index (χ0) is 12.3. The van der Waals surface area contributed by atoms with E-state index in [4.69, 9.17) is 17.3 Å². The Hall–Kier alpha value is -1.81. The molecule has 5 heteroatoms. The third kappa shape index (κ3) is 3.07. The van der Waals surface area contributed by atoms with Crippen molar-refractivity contribution in [3.63, 3.8) is 0 Å². The van der Waals surface area contributed by atoms with Gasteiger partial charge in [-0.2, -0.15) is 4.98 Å². The van der Waals surface area contributed by atoms with Gasteiger partial charge < -0.3 is 11.1 Å². The van der Waals surface area contributed by atoms with E-state index in [1.807, 2.05) is 31.2 Å². The maximum absolute atomic E-state index is 5.94. The summed E-state index contributed by atoms with van der Waals surface area (Å²) < 4.78 is 0. The average molecular weight is 249 g/mol. The molecule has 17 heavy (non-hydrogen) atoms. The zero-order valence-electron chi connectivity index (χ0n) is 9.39. The number of hydrogen-bond donors (Lipinski definition) is 2. The number of anilines is 2. The minimum atomic E-state index is 0.0653. The summed E-state index contributed by atoms with van der Waals surface area (Å²) in [6.07, 6.45) is 1.62. The summed E-state index contributed by atoms with van der Waals surface area (Å²) in [6, 6.07) is 9.37. The lowest BCUT2D eigenvalue weighted by molar-refractivity contribution is 0.861. The number of benzene rings is 1. The molecule has 0 spiro atoms. The van der Waals surface area contributed by atoms with E-state index in [1.165, 1.54) is 0 Å². The molecule has 0 aliphatic rings. The fourth-order valence-corrected chi connectivity index (χ4v) is 1.69. The fourth-order valence-electron chi connectivity index (χ4n) is 1.50. The number of nitrogen functional groups attached to an aromatic ring is 1. The van der Waals surface area contributed by atoms with Crippen molar-refractivity contribution in [2.45, 2.75) is 13.0 Å². The van der Waals surface area contributed by atoms with Crippen LogP contribution < -0.4 is 11.1 Å². The van der Waals surface area contributed by atoms with Crippen LogP contribution in [-0.4, -0.2) is 9.97 Å². The predicted molar refractivity (Wildman–Crippen MR) is 69.9 cm³/mol. The lowest BCUT2D eigenvalue weighted by Crippen LogP contribution is -2.09. The summed E-state index contributed by atoms with van der Waals surface area (Å²) in [4.78, 5) is 8.18. The van der Waals surface area contributed by atoms with E-state index < -0.39 is 0 Å². The molecule has 3 N–H and O–H groups in total. The van der Waals surface area contributed by atoms with Crippen LogP contribution in [0.4, 0.5) is 11.8 Å². The molecule has 1 aromatic carbocycles. The highest BCUT2D eigenvalue weighted by molar-refractivity contribution is 6.30. The van der Waals surface area contributed by atoms with Crippen LogP contribution in [0.15, 0.2) is 36.5 Å². The average Bonchev–Trinajstić information content (AvgIpc) is 2.29. The molecule has 0 fully saturated rings. The Balaban J connectivity index is 2.14. The Labute approximate surface area is 105 Å². The van der Waals surface area contributed by atoms with Gasteiger partial charge in [0.1, 0.15) is 5.82 Å². The Bertz CT molecular complexity index is 515. The highest BCUT2D eigenvalue weighted by Gasteiger charge is 2.07. The van der Waals surface area contributed by atoms with Gasteiger partial charge in [-0.25, -0.2) is 4.98 Å². The van der Waals surface area contributed by atoms with Crippen LogP contribution in [0.1, 0.15) is 18.5 Å². The second kappa shape index (κ2) is 5.01. The highest BCUT2D eigenvalue weighted by atomic mass is 35.5. The SMILES string of the molecule is CC(Nc1nccc(N)n1)c1cccc(Cl)c1. The van der Waals surface area contributed by atoms with Gasteiger partial charge in [0.25, 0.3) is 0 Å². The van der Waals surface area contributed by atoms with Crippen molar-refractivity contribution < 1.29 is 0 Å². The smallest absolute Gasteiger partial charge is 0.225 e. The molecule has 4 nitrogen and oxygen atoms in total. The van der Waals surface area contributed by atoms with Gasteiger partial charge in [-0.1, -0.05) is 23.7 Å². The third-order valence-corrected chi connectivity index (χ3v) is 2.61. The van der Waals surface area contributed by atoms with E-state index in [9.17, 15) is 0 Å². The summed E-state index contributed by atoms with van der Waals surface area (Å²) in [5.74, 6) is 0.957. The molecule has 1 atom stereocenters. The molecule has 2 rings (SSSR count). The third-order valence-electron chi connectivity index (χ3n) is 2.37. The Kier molecular flexibility index (Phi) is 3.44. The van der Waals surface area contributed by atoms with Crippen molar-refractivity contribution >= 4 is 23.4 Å². The van der Waals surface area contributed by atoms with E-state index in [0.29, 0.717) is 16.8 Å². The molecule has 0 amide bonds. The molecule has 88 valence electrons. The van der Waals surface area contributed by atoms with E-state index in [1.54, 1.807) is 12.3 Å². The molecular weight excluding hydrogens is 236 g/mol. The van der Waals surface area contributed by atoms with Crippen LogP contribution in [0.3, 0.4) is 0 Å². The second-order valence-corrected chi connectivity index (χ2v) is 4.16. The monoisotopic (exact) mass is 248 g/mol. The number of nitrogens with two attached hydrogens (primary N) is 1. The largest absolute Gasteiger partial charge is 0.384 e. The van der Waals surface area contributed by atoms with Crippen LogP contribution in [-0.2, 0) is 0 Å².